The first-order valence-corrected chi connectivity index (χ1v) is 5.77. The molecule has 0 amide bonds. The summed E-state index contributed by atoms with van der Waals surface area (Å²) in [5.41, 5.74) is 0.912. The van der Waals surface area contributed by atoms with E-state index in [-0.39, 0.29) is 18.0 Å². The van der Waals surface area contributed by atoms with Crippen LogP contribution in [0.5, 0.6) is 0 Å². The highest BCUT2D eigenvalue weighted by atomic mass is 19.1. The van der Waals surface area contributed by atoms with Gasteiger partial charge in [0.25, 0.3) is 0 Å². The van der Waals surface area contributed by atoms with Crippen LogP contribution in [-0.2, 0) is 9.53 Å². The zero-order chi connectivity index (χ0) is 12.4. The van der Waals surface area contributed by atoms with E-state index in [2.05, 4.69) is 4.74 Å². The van der Waals surface area contributed by atoms with E-state index in [1.54, 1.807) is 19.1 Å². The fraction of sp³-hybridized carbons (Fsp3) is 0.462. The first kappa shape index (κ1) is 12.0. The summed E-state index contributed by atoms with van der Waals surface area (Å²) in [7, 11) is 0. The average molecular weight is 238 g/mol. The van der Waals surface area contributed by atoms with Gasteiger partial charge in [-0.25, -0.2) is 9.18 Å². The second kappa shape index (κ2) is 4.84. The lowest BCUT2D eigenvalue weighted by Gasteiger charge is -2.11. The molecule has 1 aliphatic carbocycles. The third kappa shape index (κ3) is 2.64. The normalized spacial score (nSPS) is 16.6. The molecule has 1 saturated carbocycles. The standard InChI is InChI=1S/C13H15FO3/c1-2-17-13(16)12(15)9-5-6-10(8-3-4-8)11(14)7-9/h5-8,12,15H,2-4H2,1H3. The van der Waals surface area contributed by atoms with Crippen molar-refractivity contribution in [2.45, 2.75) is 31.8 Å². The molecule has 0 radical (unpaired) electrons. The lowest BCUT2D eigenvalue weighted by atomic mass is 10.0. The van der Waals surface area contributed by atoms with Gasteiger partial charge < -0.3 is 9.84 Å². The number of aliphatic hydroxyl groups excluding tert-OH is 1. The zero-order valence-corrected chi connectivity index (χ0v) is 9.65. The Morgan fingerprint density at radius 2 is 2.29 bits per heavy atom. The minimum atomic E-state index is -1.40. The minimum absolute atomic E-state index is 0.193. The summed E-state index contributed by atoms with van der Waals surface area (Å²) in [6.45, 7) is 1.85. The van der Waals surface area contributed by atoms with E-state index in [0.717, 1.165) is 12.8 Å². The summed E-state index contributed by atoms with van der Waals surface area (Å²) in [5.74, 6) is -0.789. The molecule has 1 aliphatic rings. The molecule has 1 atom stereocenters. The maximum absolute atomic E-state index is 13.7. The number of benzene rings is 1. The molecule has 0 saturated heterocycles. The predicted molar refractivity (Wildman–Crippen MR) is 60.0 cm³/mol. The number of carbonyl (C=O) groups is 1. The summed E-state index contributed by atoms with van der Waals surface area (Å²) >= 11 is 0. The van der Waals surface area contributed by atoms with Crippen molar-refractivity contribution in [3.63, 3.8) is 0 Å². The van der Waals surface area contributed by atoms with Crippen molar-refractivity contribution in [2.24, 2.45) is 0 Å². The molecule has 0 aromatic heterocycles. The van der Waals surface area contributed by atoms with E-state index < -0.39 is 12.1 Å². The zero-order valence-electron chi connectivity index (χ0n) is 9.65. The predicted octanol–water partition coefficient (Wildman–Crippen LogP) is 2.30. The number of aliphatic hydroxyl groups is 1. The molecule has 3 nitrogen and oxygen atoms in total. The van der Waals surface area contributed by atoms with Crippen molar-refractivity contribution in [1.29, 1.82) is 0 Å². The molecule has 4 heteroatoms. The summed E-state index contributed by atoms with van der Waals surface area (Å²) in [4.78, 5) is 11.3. The Hall–Kier alpha value is -1.42. The molecule has 0 bridgehead atoms. The smallest absolute Gasteiger partial charge is 0.339 e. The van der Waals surface area contributed by atoms with Crippen molar-refractivity contribution < 1.29 is 19.0 Å². The molecule has 1 N–H and O–H groups in total. The first-order chi connectivity index (χ1) is 8.13. The van der Waals surface area contributed by atoms with Gasteiger partial charge in [-0.15, -0.1) is 0 Å². The van der Waals surface area contributed by atoms with Gasteiger partial charge in [-0.05, 0) is 42.9 Å². The molecule has 0 aliphatic heterocycles. The lowest BCUT2D eigenvalue weighted by molar-refractivity contribution is -0.153. The Morgan fingerprint density at radius 1 is 1.59 bits per heavy atom. The Balaban J connectivity index is 2.16. The molecular weight excluding hydrogens is 223 g/mol. The van der Waals surface area contributed by atoms with Crippen LogP contribution in [-0.4, -0.2) is 17.7 Å². The van der Waals surface area contributed by atoms with Gasteiger partial charge in [0.2, 0.25) is 0 Å². The molecule has 17 heavy (non-hydrogen) atoms. The lowest BCUT2D eigenvalue weighted by Crippen LogP contribution is -2.15. The highest BCUT2D eigenvalue weighted by Crippen LogP contribution is 2.41. The van der Waals surface area contributed by atoms with Crippen LogP contribution in [0.15, 0.2) is 18.2 Å². The van der Waals surface area contributed by atoms with Gasteiger partial charge >= 0.3 is 5.97 Å². The van der Waals surface area contributed by atoms with Crippen LogP contribution < -0.4 is 0 Å². The molecule has 1 unspecified atom stereocenters. The topological polar surface area (TPSA) is 46.5 Å². The van der Waals surface area contributed by atoms with Crippen LogP contribution in [0, 0.1) is 5.82 Å². The van der Waals surface area contributed by atoms with Crippen LogP contribution >= 0.6 is 0 Å². The van der Waals surface area contributed by atoms with Crippen LogP contribution in [0.2, 0.25) is 0 Å². The summed E-state index contributed by atoms with van der Waals surface area (Å²) in [6.07, 6.45) is 0.616. The van der Waals surface area contributed by atoms with Gasteiger partial charge in [-0.3, -0.25) is 0 Å². The number of esters is 1. The van der Waals surface area contributed by atoms with E-state index in [1.807, 2.05) is 0 Å². The van der Waals surface area contributed by atoms with E-state index >= 15 is 0 Å². The molecule has 1 aromatic rings. The highest BCUT2D eigenvalue weighted by molar-refractivity contribution is 5.76. The van der Waals surface area contributed by atoms with Gasteiger partial charge in [-0.1, -0.05) is 12.1 Å². The van der Waals surface area contributed by atoms with Gasteiger partial charge in [0.15, 0.2) is 6.10 Å². The SMILES string of the molecule is CCOC(=O)C(O)c1ccc(C2CC2)c(F)c1. The van der Waals surface area contributed by atoms with Crippen LogP contribution in [0.1, 0.15) is 42.9 Å². The molecule has 92 valence electrons. The molecule has 0 heterocycles. The average Bonchev–Trinajstić information content (AvgIpc) is 3.12. The molecule has 1 aromatic carbocycles. The van der Waals surface area contributed by atoms with Gasteiger partial charge in [0.1, 0.15) is 5.82 Å². The molecule has 0 spiro atoms. The Labute approximate surface area is 99.2 Å². The molecule has 2 rings (SSSR count). The number of hydrogen-bond acceptors (Lipinski definition) is 3. The van der Waals surface area contributed by atoms with Gasteiger partial charge in [0.05, 0.1) is 6.61 Å². The third-order valence-electron chi connectivity index (χ3n) is 2.87. The van der Waals surface area contributed by atoms with Crippen molar-refractivity contribution in [3.05, 3.63) is 35.1 Å². The summed E-state index contributed by atoms with van der Waals surface area (Å²) in [6, 6.07) is 4.44. The maximum Gasteiger partial charge on any atom is 0.339 e. The van der Waals surface area contributed by atoms with E-state index in [0.29, 0.717) is 11.5 Å². The van der Waals surface area contributed by atoms with Crippen LogP contribution in [0.25, 0.3) is 0 Å². The van der Waals surface area contributed by atoms with Crippen molar-refractivity contribution in [1.82, 2.24) is 0 Å². The van der Waals surface area contributed by atoms with Gasteiger partial charge in [0, 0.05) is 0 Å². The Kier molecular flexibility index (Phi) is 3.43. The monoisotopic (exact) mass is 238 g/mol. The van der Waals surface area contributed by atoms with E-state index in [4.69, 9.17) is 0 Å². The number of hydrogen-bond donors (Lipinski definition) is 1. The fourth-order valence-corrected chi connectivity index (χ4v) is 1.80. The summed E-state index contributed by atoms with van der Waals surface area (Å²) in [5, 5.41) is 9.65. The number of carbonyl (C=O) groups excluding carboxylic acids is 1. The maximum atomic E-state index is 13.7. The number of ether oxygens (including phenoxy) is 1. The molecular formula is C13H15FO3. The second-order valence-corrected chi connectivity index (χ2v) is 4.21. The van der Waals surface area contributed by atoms with Crippen molar-refractivity contribution in [3.8, 4) is 0 Å². The Morgan fingerprint density at radius 3 is 2.82 bits per heavy atom. The van der Waals surface area contributed by atoms with E-state index in [1.165, 1.54) is 6.07 Å². The largest absolute Gasteiger partial charge is 0.464 e. The van der Waals surface area contributed by atoms with Crippen molar-refractivity contribution >= 4 is 5.97 Å². The quantitative estimate of drug-likeness (QED) is 0.819. The van der Waals surface area contributed by atoms with Crippen LogP contribution in [0.3, 0.4) is 0 Å². The number of halogens is 1. The fourth-order valence-electron chi connectivity index (χ4n) is 1.80. The van der Waals surface area contributed by atoms with Gasteiger partial charge in [-0.2, -0.15) is 0 Å². The Bertz CT molecular complexity index is 427. The first-order valence-electron chi connectivity index (χ1n) is 5.77. The van der Waals surface area contributed by atoms with Crippen molar-refractivity contribution in [2.75, 3.05) is 6.61 Å². The number of rotatable bonds is 4. The highest BCUT2D eigenvalue weighted by Gasteiger charge is 2.27. The van der Waals surface area contributed by atoms with Crippen LogP contribution in [0.4, 0.5) is 4.39 Å². The summed E-state index contributed by atoms with van der Waals surface area (Å²) < 4.78 is 18.4. The minimum Gasteiger partial charge on any atom is -0.464 e. The second-order valence-electron chi connectivity index (χ2n) is 4.21. The third-order valence-corrected chi connectivity index (χ3v) is 2.87. The molecule has 1 fully saturated rings. The van der Waals surface area contributed by atoms with E-state index in [9.17, 15) is 14.3 Å².